The van der Waals surface area contributed by atoms with Crippen molar-refractivity contribution >= 4 is 17.5 Å². The van der Waals surface area contributed by atoms with Gasteiger partial charge in [-0.25, -0.2) is 0 Å². The summed E-state index contributed by atoms with van der Waals surface area (Å²) >= 11 is 6.13. The van der Waals surface area contributed by atoms with Gasteiger partial charge in [-0.1, -0.05) is 6.42 Å². The lowest BCUT2D eigenvalue weighted by Crippen LogP contribution is -2.31. The molecule has 0 bridgehead atoms. The number of halogens is 1. The SMILES string of the molecule is O=C(NCC1CCCC1Cl)c1cc[nH]c(=O)c1. The zero-order chi connectivity index (χ0) is 12.3. The molecule has 1 fully saturated rings. The van der Waals surface area contributed by atoms with Gasteiger partial charge in [0.2, 0.25) is 5.56 Å². The normalized spacial score (nSPS) is 23.6. The number of pyridine rings is 1. The van der Waals surface area contributed by atoms with Crippen molar-refractivity contribution in [2.75, 3.05) is 6.54 Å². The number of rotatable bonds is 3. The molecule has 17 heavy (non-hydrogen) atoms. The Kier molecular flexibility index (Phi) is 3.84. The molecule has 1 aliphatic rings. The molecule has 0 radical (unpaired) electrons. The molecule has 4 nitrogen and oxygen atoms in total. The Morgan fingerprint density at radius 3 is 3.00 bits per heavy atom. The maximum absolute atomic E-state index is 11.8. The maximum atomic E-state index is 11.8. The van der Waals surface area contributed by atoms with E-state index in [0.717, 1.165) is 19.3 Å². The molecule has 5 heteroatoms. The fourth-order valence-corrected chi connectivity index (χ4v) is 2.50. The van der Waals surface area contributed by atoms with Gasteiger partial charge in [-0.3, -0.25) is 9.59 Å². The van der Waals surface area contributed by atoms with Gasteiger partial charge in [-0.15, -0.1) is 11.6 Å². The summed E-state index contributed by atoms with van der Waals surface area (Å²) in [4.78, 5) is 25.3. The number of hydrogen-bond acceptors (Lipinski definition) is 2. The third kappa shape index (κ3) is 3.09. The molecule has 0 aliphatic heterocycles. The molecule has 0 saturated heterocycles. The van der Waals surface area contributed by atoms with E-state index in [1.165, 1.54) is 12.3 Å². The van der Waals surface area contributed by atoms with Crippen LogP contribution in [-0.4, -0.2) is 22.8 Å². The van der Waals surface area contributed by atoms with Crippen molar-refractivity contribution < 1.29 is 4.79 Å². The van der Waals surface area contributed by atoms with Gasteiger partial charge >= 0.3 is 0 Å². The van der Waals surface area contributed by atoms with Crippen molar-refractivity contribution in [3.8, 4) is 0 Å². The average Bonchev–Trinajstić information content (AvgIpc) is 2.72. The maximum Gasteiger partial charge on any atom is 0.251 e. The van der Waals surface area contributed by atoms with Crippen molar-refractivity contribution in [2.45, 2.75) is 24.6 Å². The first kappa shape index (κ1) is 12.2. The topological polar surface area (TPSA) is 62.0 Å². The Morgan fingerprint density at radius 1 is 1.53 bits per heavy atom. The van der Waals surface area contributed by atoms with Gasteiger partial charge in [0, 0.05) is 29.7 Å². The highest BCUT2D eigenvalue weighted by atomic mass is 35.5. The minimum atomic E-state index is -0.270. The van der Waals surface area contributed by atoms with Crippen molar-refractivity contribution in [3.63, 3.8) is 0 Å². The minimum Gasteiger partial charge on any atom is -0.352 e. The molecule has 2 rings (SSSR count). The Bertz CT molecular complexity index is 458. The Balaban J connectivity index is 1.91. The smallest absolute Gasteiger partial charge is 0.251 e. The molecule has 1 heterocycles. The molecule has 2 unspecified atom stereocenters. The predicted molar refractivity (Wildman–Crippen MR) is 66.4 cm³/mol. The van der Waals surface area contributed by atoms with Gasteiger partial charge in [0.1, 0.15) is 0 Å². The number of carbonyl (C=O) groups is 1. The molecule has 1 aromatic heterocycles. The Hall–Kier alpha value is -1.29. The quantitative estimate of drug-likeness (QED) is 0.804. The lowest BCUT2D eigenvalue weighted by Gasteiger charge is -2.14. The van der Waals surface area contributed by atoms with Crippen molar-refractivity contribution in [1.82, 2.24) is 10.3 Å². The first-order valence-corrected chi connectivity index (χ1v) is 6.21. The van der Waals surface area contributed by atoms with E-state index in [-0.39, 0.29) is 16.8 Å². The van der Waals surface area contributed by atoms with Crippen molar-refractivity contribution in [1.29, 1.82) is 0 Å². The lowest BCUT2D eigenvalue weighted by atomic mass is 10.1. The van der Waals surface area contributed by atoms with Gasteiger partial charge in [-0.2, -0.15) is 0 Å². The van der Waals surface area contributed by atoms with E-state index in [2.05, 4.69) is 10.3 Å². The van der Waals surface area contributed by atoms with Crippen LogP contribution in [-0.2, 0) is 0 Å². The number of aromatic amines is 1. The van der Waals surface area contributed by atoms with E-state index >= 15 is 0 Å². The molecule has 1 saturated carbocycles. The highest BCUT2D eigenvalue weighted by Crippen LogP contribution is 2.29. The molecule has 92 valence electrons. The fraction of sp³-hybridized carbons (Fsp3) is 0.500. The third-order valence-electron chi connectivity index (χ3n) is 3.13. The molecule has 1 aromatic rings. The number of aromatic nitrogens is 1. The van der Waals surface area contributed by atoms with E-state index in [1.807, 2.05) is 0 Å². The summed E-state index contributed by atoms with van der Waals surface area (Å²) < 4.78 is 0. The summed E-state index contributed by atoms with van der Waals surface area (Å²) in [6.07, 6.45) is 4.67. The van der Waals surface area contributed by atoms with E-state index < -0.39 is 0 Å². The third-order valence-corrected chi connectivity index (χ3v) is 3.70. The second kappa shape index (κ2) is 5.36. The Labute approximate surface area is 104 Å². The number of carbonyl (C=O) groups excluding carboxylic acids is 1. The van der Waals surface area contributed by atoms with Crippen LogP contribution < -0.4 is 10.9 Å². The van der Waals surface area contributed by atoms with Crippen LogP contribution in [0.25, 0.3) is 0 Å². The zero-order valence-electron chi connectivity index (χ0n) is 9.41. The second-order valence-corrected chi connectivity index (χ2v) is 4.92. The standard InChI is InChI=1S/C12H15ClN2O2/c13-10-3-1-2-9(10)7-15-12(17)8-4-5-14-11(16)6-8/h4-6,9-10H,1-3,7H2,(H,14,16)(H,15,17). The largest absolute Gasteiger partial charge is 0.352 e. The van der Waals surface area contributed by atoms with E-state index in [9.17, 15) is 9.59 Å². The lowest BCUT2D eigenvalue weighted by molar-refractivity contribution is 0.0947. The fourth-order valence-electron chi connectivity index (χ4n) is 2.13. The molecular weight excluding hydrogens is 240 g/mol. The molecule has 1 amide bonds. The van der Waals surface area contributed by atoms with E-state index in [1.54, 1.807) is 6.07 Å². The second-order valence-electron chi connectivity index (χ2n) is 4.36. The minimum absolute atomic E-state index is 0.162. The van der Waals surface area contributed by atoms with E-state index in [4.69, 9.17) is 11.6 Å². The van der Waals surface area contributed by atoms with Crippen LogP contribution in [0.3, 0.4) is 0 Å². The number of hydrogen-bond donors (Lipinski definition) is 2. The van der Waals surface area contributed by atoms with Gasteiger partial charge < -0.3 is 10.3 Å². The van der Waals surface area contributed by atoms with Gasteiger partial charge in [-0.05, 0) is 24.8 Å². The first-order chi connectivity index (χ1) is 8.16. The summed E-state index contributed by atoms with van der Waals surface area (Å²) in [5.41, 5.74) is 0.117. The molecule has 0 spiro atoms. The van der Waals surface area contributed by atoms with Crippen LogP contribution in [0.2, 0.25) is 0 Å². The molecule has 1 aliphatic carbocycles. The molecule has 2 atom stereocenters. The highest BCUT2D eigenvalue weighted by molar-refractivity contribution is 6.21. The van der Waals surface area contributed by atoms with Crippen LogP contribution >= 0.6 is 11.6 Å². The van der Waals surface area contributed by atoms with Gasteiger partial charge in [0.15, 0.2) is 0 Å². The zero-order valence-corrected chi connectivity index (χ0v) is 10.2. The van der Waals surface area contributed by atoms with Crippen LogP contribution in [0.1, 0.15) is 29.6 Å². The number of H-pyrrole nitrogens is 1. The van der Waals surface area contributed by atoms with Crippen molar-refractivity contribution in [3.05, 3.63) is 34.2 Å². The molecule has 2 N–H and O–H groups in total. The number of alkyl halides is 1. The molecular formula is C12H15ClN2O2. The first-order valence-electron chi connectivity index (χ1n) is 5.78. The monoisotopic (exact) mass is 254 g/mol. The summed E-state index contributed by atoms with van der Waals surface area (Å²) in [6.45, 7) is 0.583. The summed E-state index contributed by atoms with van der Waals surface area (Å²) in [5, 5.41) is 2.98. The van der Waals surface area contributed by atoms with Gasteiger partial charge in [0.25, 0.3) is 5.91 Å². The van der Waals surface area contributed by atoms with Gasteiger partial charge in [0.05, 0.1) is 0 Å². The number of nitrogens with one attached hydrogen (secondary N) is 2. The summed E-state index contributed by atoms with van der Waals surface area (Å²) in [6, 6.07) is 2.88. The Morgan fingerprint density at radius 2 is 2.35 bits per heavy atom. The van der Waals surface area contributed by atoms with Crippen molar-refractivity contribution in [2.24, 2.45) is 5.92 Å². The number of amides is 1. The highest BCUT2D eigenvalue weighted by Gasteiger charge is 2.25. The summed E-state index contributed by atoms with van der Waals surface area (Å²) in [5.74, 6) is 0.134. The predicted octanol–water partition coefficient (Wildman–Crippen LogP) is 1.51. The molecule has 0 aromatic carbocycles. The summed E-state index contributed by atoms with van der Waals surface area (Å²) in [7, 11) is 0. The van der Waals surface area contributed by atoms with Crippen LogP contribution in [0, 0.1) is 5.92 Å². The van der Waals surface area contributed by atoms with E-state index in [0.29, 0.717) is 18.0 Å². The average molecular weight is 255 g/mol. The van der Waals surface area contributed by atoms with Crippen LogP contribution in [0.4, 0.5) is 0 Å². The van der Waals surface area contributed by atoms with Crippen LogP contribution in [0.15, 0.2) is 23.1 Å². The van der Waals surface area contributed by atoms with Crippen LogP contribution in [0.5, 0.6) is 0 Å².